The Kier molecular flexibility index (Phi) is 5.28. The lowest BCUT2D eigenvalue weighted by molar-refractivity contribution is -0.138. The average Bonchev–Trinajstić information content (AvgIpc) is 2.93. The van der Waals surface area contributed by atoms with E-state index in [-0.39, 0.29) is 16.4 Å². The number of aromatic nitrogens is 3. The van der Waals surface area contributed by atoms with Gasteiger partial charge in [0.2, 0.25) is 0 Å². The SMILES string of the molecule is Cc1cc(C(F)(F)F)c(C#N)c(SCCCn2c(=O)[nH]c3ccccc32)n1. The third-order valence-corrected chi connectivity index (χ3v) is 5.04. The van der Waals surface area contributed by atoms with E-state index in [0.29, 0.717) is 18.7 Å². The number of hydrogen-bond acceptors (Lipinski definition) is 4. The van der Waals surface area contributed by atoms with Gasteiger partial charge in [0, 0.05) is 18.0 Å². The van der Waals surface area contributed by atoms with Crippen molar-refractivity contribution in [2.75, 3.05) is 5.75 Å². The number of halogens is 3. The summed E-state index contributed by atoms with van der Waals surface area (Å²) in [5, 5.41) is 9.23. The Balaban J connectivity index is 1.74. The highest BCUT2D eigenvalue weighted by Crippen LogP contribution is 2.35. The highest BCUT2D eigenvalue weighted by atomic mass is 32.2. The van der Waals surface area contributed by atoms with Crippen molar-refractivity contribution in [2.45, 2.75) is 31.1 Å². The number of aromatic amines is 1. The molecule has 1 aromatic carbocycles. The predicted octanol–water partition coefficient (Wildman–Crippen LogP) is 4.11. The lowest BCUT2D eigenvalue weighted by atomic mass is 10.1. The lowest BCUT2D eigenvalue weighted by Gasteiger charge is -2.12. The zero-order valence-electron chi connectivity index (χ0n) is 14.3. The van der Waals surface area contributed by atoms with Crippen molar-refractivity contribution in [1.82, 2.24) is 14.5 Å². The first-order valence-corrected chi connectivity index (χ1v) is 9.09. The number of para-hydroxylation sites is 2. The number of alkyl halides is 3. The average molecular weight is 392 g/mol. The van der Waals surface area contributed by atoms with Gasteiger partial charge in [0.25, 0.3) is 0 Å². The Hall–Kier alpha value is -2.73. The zero-order valence-corrected chi connectivity index (χ0v) is 15.1. The maximum atomic E-state index is 13.1. The first-order valence-electron chi connectivity index (χ1n) is 8.10. The van der Waals surface area contributed by atoms with Crippen LogP contribution in [0.1, 0.15) is 23.2 Å². The van der Waals surface area contributed by atoms with Gasteiger partial charge in [-0.25, -0.2) is 9.78 Å². The molecule has 0 unspecified atom stereocenters. The van der Waals surface area contributed by atoms with Gasteiger partial charge in [0.1, 0.15) is 11.1 Å². The molecule has 0 aliphatic rings. The summed E-state index contributed by atoms with van der Waals surface area (Å²) in [6, 6.07) is 9.78. The minimum Gasteiger partial charge on any atom is -0.306 e. The van der Waals surface area contributed by atoms with Crippen LogP contribution in [-0.2, 0) is 12.7 Å². The number of rotatable bonds is 5. The van der Waals surface area contributed by atoms with Crippen LogP contribution in [0.2, 0.25) is 0 Å². The van der Waals surface area contributed by atoms with Crippen molar-refractivity contribution in [3.8, 4) is 6.07 Å². The summed E-state index contributed by atoms with van der Waals surface area (Å²) >= 11 is 1.09. The maximum absolute atomic E-state index is 13.1. The largest absolute Gasteiger partial charge is 0.417 e. The third kappa shape index (κ3) is 4.01. The van der Waals surface area contributed by atoms with E-state index >= 15 is 0 Å². The highest BCUT2D eigenvalue weighted by Gasteiger charge is 2.35. The molecule has 140 valence electrons. The van der Waals surface area contributed by atoms with Crippen molar-refractivity contribution >= 4 is 22.8 Å². The molecule has 3 rings (SSSR count). The smallest absolute Gasteiger partial charge is 0.306 e. The molecule has 27 heavy (non-hydrogen) atoms. The van der Waals surface area contributed by atoms with Gasteiger partial charge in [-0.2, -0.15) is 18.4 Å². The molecule has 0 saturated heterocycles. The first kappa shape index (κ1) is 19.0. The molecule has 3 aromatic rings. The maximum Gasteiger partial charge on any atom is 0.417 e. The molecule has 0 radical (unpaired) electrons. The normalized spacial score (nSPS) is 11.7. The monoisotopic (exact) mass is 392 g/mol. The van der Waals surface area contributed by atoms with Crippen LogP contribution in [0.15, 0.2) is 40.2 Å². The molecular weight excluding hydrogens is 377 g/mol. The molecule has 0 aliphatic heterocycles. The number of H-pyrrole nitrogens is 1. The molecule has 0 spiro atoms. The van der Waals surface area contributed by atoms with Crippen LogP contribution in [0.25, 0.3) is 11.0 Å². The molecule has 1 N–H and O–H groups in total. The number of nitrogens with one attached hydrogen (secondary N) is 1. The second-order valence-corrected chi connectivity index (χ2v) is 6.99. The summed E-state index contributed by atoms with van der Waals surface area (Å²) in [6.07, 6.45) is -4.07. The zero-order chi connectivity index (χ0) is 19.6. The van der Waals surface area contributed by atoms with E-state index in [1.54, 1.807) is 16.7 Å². The van der Waals surface area contributed by atoms with E-state index in [4.69, 9.17) is 5.26 Å². The fourth-order valence-corrected chi connectivity index (χ4v) is 3.78. The fraction of sp³-hybridized carbons (Fsp3) is 0.278. The fourth-order valence-electron chi connectivity index (χ4n) is 2.80. The summed E-state index contributed by atoms with van der Waals surface area (Å²) in [5.74, 6) is 0.425. The van der Waals surface area contributed by atoms with E-state index < -0.39 is 17.3 Å². The molecule has 9 heteroatoms. The van der Waals surface area contributed by atoms with Gasteiger partial charge in [0.05, 0.1) is 22.2 Å². The summed E-state index contributed by atoms with van der Waals surface area (Å²) < 4.78 is 41.0. The van der Waals surface area contributed by atoms with E-state index in [2.05, 4.69) is 9.97 Å². The number of nitriles is 1. The van der Waals surface area contributed by atoms with E-state index in [1.807, 2.05) is 18.2 Å². The number of imidazole rings is 1. The summed E-state index contributed by atoms with van der Waals surface area (Å²) in [7, 11) is 0. The number of thioether (sulfide) groups is 1. The molecule has 0 aliphatic carbocycles. The van der Waals surface area contributed by atoms with Crippen LogP contribution in [0.4, 0.5) is 13.2 Å². The van der Waals surface area contributed by atoms with Gasteiger partial charge < -0.3 is 4.98 Å². The van der Waals surface area contributed by atoms with E-state index in [0.717, 1.165) is 28.9 Å². The van der Waals surface area contributed by atoms with Gasteiger partial charge in [-0.3, -0.25) is 4.57 Å². The van der Waals surface area contributed by atoms with Crippen LogP contribution < -0.4 is 5.69 Å². The van der Waals surface area contributed by atoms with Crippen molar-refractivity contribution < 1.29 is 13.2 Å². The Labute approximate surface area is 156 Å². The topological polar surface area (TPSA) is 74.5 Å². The quantitative estimate of drug-likeness (QED) is 0.524. The summed E-state index contributed by atoms with van der Waals surface area (Å²) in [6.45, 7) is 1.88. The number of benzene rings is 1. The standard InChI is InChI=1S/C18H15F3N4OS/c1-11-9-13(18(19,20)21)12(10-22)16(23-11)27-8-4-7-25-15-6-3-2-5-14(15)24-17(25)26/h2-3,5-6,9H,4,7-8H2,1H3,(H,24,26). The van der Waals surface area contributed by atoms with Gasteiger partial charge in [0.15, 0.2) is 0 Å². The number of aryl methyl sites for hydroxylation is 2. The second kappa shape index (κ2) is 7.48. The molecule has 0 bridgehead atoms. The Morgan fingerprint density at radius 3 is 2.78 bits per heavy atom. The Morgan fingerprint density at radius 2 is 2.07 bits per heavy atom. The minimum atomic E-state index is -4.61. The molecule has 0 amide bonds. The third-order valence-electron chi connectivity index (χ3n) is 3.98. The second-order valence-electron chi connectivity index (χ2n) is 5.90. The summed E-state index contributed by atoms with van der Waals surface area (Å²) in [4.78, 5) is 18.9. The molecular formula is C18H15F3N4OS. The van der Waals surface area contributed by atoms with Gasteiger partial charge in [-0.05, 0) is 31.5 Å². The number of pyridine rings is 1. The van der Waals surface area contributed by atoms with Gasteiger partial charge in [-0.15, -0.1) is 11.8 Å². The molecule has 0 saturated carbocycles. The number of fused-ring (bicyclic) bond motifs is 1. The minimum absolute atomic E-state index is 0.0658. The van der Waals surface area contributed by atoms with E-state index in [9.17, 15) is 18.0 Å². The molecule has 2 aromatic heterocycles. The Bertz CT molecular complexity index is 1080. The molecule has 2 heterocycles. The number of nitrogens with zero attached hydrogens (tertiary/aromatic N) is 3. The van der Waals surface area contributed by atoms with Crippen molar-refractivity contribution in [1.29, 1.82) is 5.26 Å². The highest BCUT2D eigenvalue weighted by molar-refractivity contribution is 7.99. The Morgan fingerprint density at radius 1 is 1.33 bits per heavy atom. The van der Waals surface area contributed by atoms with Gasteiger partial charge >= 0.3 is 11.9 Å². The number of hydrogen-bond donors (Lipinski definition) is 1. The lowest BCUT2D eigenvalue weighted by Crippen LogP contribution is -2.17. The van der Waals surface area contributed by atoms with Crippen molar-refractivity contribution in [2.24, 2.45) is 0 Å². The van der Waals surface area contributed by atoms with Crippen molar-refractivity contribution in [3.05, 3.63) is 57.6 Å². The first-order chi connectivity index (χ1) is 12.8. The molecule has 0 atom stereocenters. The predicted molar refractivity (Wildman–Crippen MR) is 96.6 cm³/mol. The van der Waals surface area contributed by atoms with Gasteiger partial charge in [-0.1, -0.05) is 12.1 Å². The van der Waals surface area contributed by atoms with E-state index in [1.165, 1.54) is 6.92 Å². The van der Waals surface area contributed by atoms with Crippen LogP contribution in [0.5, 0.6) is 0 Å². The van der Waals surface area contributed by atoms with Crippen LogP contribution in [0, 0.1) is 18.3 Å². The molecule has 0 fully saturated rings. The van der Waals surface area contributed by atoms with Crippen LogP contribution in [-0.4, -0.2) is 20.3 Å². The van der Waals surface area contributed by atoms with Crippen molar-refractivity contribution in [3.63, 3.8) is 0 Å². The summed E-state index contributed by atoms with van der Waals surface area (Å²) in [5.41, 5.74) is 0.0641. The van der Waals surface area contributed by atoms with Crippen LogP contribution in [0.3, 0.4) is 0 Å². The molecule has 5 nitrogen and oxygen atoms in total. The van der Waals surface area contributed by atoms with Crippen LogP contribution >= 0.6 is 11.8 Å².